The van der Waals surface area contributed by atoms with Crippen molar-refractivity contribution in [2.24, 2.45) is 7.05 Å². The zero-order chi connectivity index (χ0) is 9.26. The fourth-order valence-electron chi connectivity index (χ4n) is 1.34. The first-order chi connectivity index (χ1) is 6.25. The van der Waals surface area contributed by atoms with Crippen molar-refractivity contribution < 1.29 is 0 Å². The fraction of sp³-hybridized carbons (Fsp3) is 0.556. The van der Waals surface area contributed by atoms with Gasteiger partial charge in [0.15, 0.2) is 0 Å². The van der Waals surface area contributed by atoms with E-state index in [4.69, 9.17) is 0 Å². The lowest BCUT2D eigenvalue weighted by molar-refractivity contribution is 0.445. The van der Waals surface area contributed by atoms with Crippen LogP contribution in [0.2, 0.25) is 0 Å². The monoisotopic (exact) mass is 179 g/mol. The molecule has 1 aliphatic carbocycles. The van der Waals surface area contributed by atoms with Gasteiger partial charge in [-0.15, -0.1) is 0 Å². The summed E-state index contributed by atoms with van der Waals surface area (Å²) in [5.41, 5.74) is 0.775. The highest BCUT2D eigenvalue weighted by atomic mass is 16.1. The van der Waals surface area contributed by atoms with E-state index in [0.29, 0.717) is 6.04 Å². The Morgan fingerprint density at radius 1 is 1.62 bits per heavy atom. The van der Waals surface area contributed by atoms with Gasteiger partial charge in [0, 0.05) is 19.2 Å². The quantitative estimate of drug-likeness (QED) is 0.728. The van der Waals surface area contributed by atoms with Gasteiger partial charge in [0.1, 0.15) is 0 Å². The van der Waals surface area contributed by atoms with Gasteiger partial charge in [0.25, 0.3) is 5.56 Å². The van der Waals surface area contributed by atoms with Gasteiger partial charge >= 0.3 is 0 Å². The van der Waals surface area contributed by atoms with Crippen LogP contribution in [0.15, 0.2) is 17.1 Å². The van der Waals surface area contributed by atoms with Crippen molar-refractivity contribution in [3.8, 4) is 0 Å². The maximum absolute atomic E-state index is 11.2. The van der Waals surface area contributed by atoms with Gasteiger partial charge in [-0.1, -0.05) is 0 Å². The lowest BCUT2D eigenvalue weighted by Gasteiger charge is -2.27. The zero-order valence-electron chi connectivity index (χ0n) is 7.66. The number of hydrogen-bond acceptors (Lipinski definition) is 3. The van der Waals surface area contributed by atoms with Gasteiger partial charge in [-0.2, -0.15) is 5.10 Å². The number of anilines is 1. The Balaban J connectivity index is 2.12. The minimum Gasteiger partial charge on any atom is -0.381 e. The molecule has 0 unspecified atom stereocenters. The molecule has 2 rings (SSSR count). The van der Waals surface area contributed by atoms with Crippen molar-refractivity contribution in [1.29, 1.82) is 0 Å². The summed E-state index contributed by atoms with van der Waals surface area (Å²) in [5.74, 6) is 0. The second kappa shape index (κ2) is 3.20. The van der Waals surface area contributed by atoms with Crippen molar-refractivity contribution in [1.82, 2.24) is 9.78 Å². The molecule has 0 bridgehead atoms. The van der Waals surface area contributed by atoms with Crippen molar-refractivity contribution in [3.05, 3.63) is 22.6 Å². The molecule has 1 aromatic heterocycles. The Kier molecular flexibility index (Phi) is 2.04. The van der Waals surface area contributed by atoms with E-state index < -0.39 is 0 Å². The van der Waals surface area contributed by atoms with Crippen molar-refractivity contribution in [3.63, 3.8) is 0 Å². The van der Waals surface area contributed by atoms with E-state index >= 15 is 0 Å². The van der Waals surface area contributed by atoms with Crippen molar-refractivity contribution in [2.75, 3.05) is 5.32 Å². The van der Waals surface area contributed by atoms with Crippen LogP contribution in [0.4, 0.5) is 5.69 Å². The third kappa shape index (κ3) is 1.71. The molecular weight excluding hydrogens is 166 g/mol. The van der Waals surface area contributed by atoms with Gasteiger partial charge in [-0.3, -0.25) is 4.79 Å². The van der Waals surface area contributed by atoms with Crippen LogP contribution in [-0.4, -0.2) is 15.8 Å². The first kappa shape index (κ1) is 8.29. The molecule has 1 fully saturated rings. The maximum Gasteiger partial charge on any atom is 0.268 e. The summed E-state index contributed by atoms with van der Waals surface area (Å²) in [7, 11) is 1.65. The molecule has 13 heavy (non-hydrogen) atoms. The average Bonchev–Trinajstić information content (AvgIpc) is 2.04. The van der Waals surface area contributed by atoms with Crippen molar-refractivity contribution >= 4 is 5.69 Å². The Morgan fingerprint density at radius 3 is 2.92 bits per heavy atom. The molecule has 1 saturated carbocycles. The predicted molar refractivity (Wildman–Crippen MR) is 50.7 cm³/mol. The molecule has 1 aromatic rings. The standard InChI is InChI=1S/C9H13N3O/c1-12-9(13)5-8(6-10-12)11-7-3-2-4-7/h5-7,11H,2-4H2,1H3. The van der Waals surface area contributed by atoms with Gasteiger partial charge in [0.2, 0.25) is 0 Å². The van der Waals surface area contributed by atoms with Crippen LogP contribution >= 0.6 is 0 Å². The summed E-state index contributed by atoms with van der Waals surface area (Å²) in [6.07, 6.45) is 5.39. The van der Waals surface area contributed by atoms with E-state index in [-0.39, 0.29) is 5.56 Å². The number of aromatic nitrogens is 2. The van der Waals surface area contributed by atoms with Crippen LogP contribution in [-0.2, 0) is 7.05 Å². The maximum atomic E-state index is 11.2. The first-order valence-electron chi connectivity index (χ1n) is 4.55. The molecule has 1 aliphatic rings. The summed E-state index contributed by atoms with van der Waals surface area (Å²) >= 11 is 0. The molecular formula is C9H13N3O. The second-order valence-electron chi connectivity index (χ2n) is 3.48. The van der Waals surface area contributed by atoms with Gasteiger partial charge < -0.3 is 5.32 Å². The highest BCUT2D eigenvalue weighted by Gasteiger charge is 2.16. The number of hydrogen-bond donors (Lipinski definition) is 1. The van der Waals surface area contributed by atoms with Gasteiger partial charge in [0.05, 0.1) is 11.9 Å². The average molecular weight is 179 g/mol. The van der Waals surface area contributed by atoms with Crippen molar-refractivity contribution in [2.45, 2.75) is 25.3 Å². The Hall–Kier alpha value is -1.32. The van der Waals surface area contributed by atoms with Gasteiger partial charge in [-0.25, -0.2) is 4.68 Å². The van der Waals surface area contributed by atoms with Crippen LogP contribution in [0.25, 0.3) is 0 Å². The smallest absolute Gasteiger partial charge is 0.268 e. The number of nitrogens with zero attached hydrogens (tertiary/aromatic N) is 2. The Labute approximate surface area is 76.6 Å². The van der Waals surface area contributed by atoms with Crippen LogP contribution in [0.1, 0.15) is 19.3 Å². The van der Waals surface area contributed by atoms with Crippen LogP contribution in [0.5, 0.6) is 0 Å². The first-order valence-corrected chi connectivity index (χ1v) is 4.55. The number of rotatable bonds is 2. The summed E-state index contributed by atoms with van der Waals surface area (Å²) in [5, 5.41) is 7.20. The SMILES string of the molecule is Cn1ncc(NC2CCC2)cc1=O. The third-order valence-electron chi connectivity index (χ3n) is 2.44. The molecule has 0 amide bonds. The molecule has 0 aliphatic heterocycles. The molecule has 4 nitrogen and oxygen atoms in total. The molecule has 0 aromatic carbocycles. The van der Waals surface area contributed by atoms with Crippen LogP contribution < -0.4 is 10.9 Å². The lowest BCUT2D eigenvalue weighted by atomic mass is 9.93. The summed E-state index contributed by atoms with van der Waals surface area (Å²) in [6.45, 7) is 0. The molecule has 0 atom stereocenters. The topological polar surface area (TPSA) is 46.9 Å². The molecule has 0 saturated heterocycles. The fourth-order valence-corrected chi connectivity index (χ4v) is 1.34. The van der Waals surface area contributed by atoms with E-state index in [0.717, 1.165) is 5.69 Å². The van der Waals surface area contributed by atoms with Crippen LogP contribution in [0.3, 0.4) is 0 Å². The molecule has 70 valence electrons. The van der Waals surface area contributed by atoms with Crippen LogP contribution in [0, 0.1) is 0 Å². The molecule has 4 heteroatoms. The normalized spacial score (nSPS) is 16.7. The molecule has 1 N–H and O–H groups in total. The minimum absolute atomic E-state index is 0.0654. The summed E-state index contributed by atoms with van der Waals surface area (Å²) in [6, 6.07) is 2.14. The Bertz CT molecular complexity index is 354. The third-order valence-corrected chi connectivity index (χ3v) is 2.44. The molecule has 0 radical (unpaired) electrons. The van der Waals surface area contributed by atoms with Gasteiger partial charge in [-0.05, 0) is 19.3 Å². The number of aryl methyl sites for hydroxylation is 1. The van der Waals surface area contributed by atoms with E-state index in [1.165, 1.54) is 23.9 Å². The number of nitrogens with one attached hydrogen (secondary N) is 1. The summed E-state index contributed by atoms with van der Waals surface area (Å²) in [4.78, 5) is 11.2. The minimum atomic E-state index is -0.0654. The Morgan fingerprint density at radius 2 is 2.38 bits per heavy atom. The molecule has 0 spiro atoms. The highest BCUT2D eigenvalue weighted by molar-refractivity contribution is 5.40. The van der Waals surface area contributed by atoms with E-state index in [1.807, 2.05) is 0 Å². The largest absolute Gasteiger partial charge is 0.381 e. The molecule has 1 heterocycles. The van der Waals surface area contributed by atoms with E-state index in [9.17, 15) is 4.79 Å². The second-order valence-corrected chi connectivity index (χ2v) is 3.48. The highest BCUT2D eigenvalue weighted by Crippen LogP contribution is 2.21. The van der Waals surface area contributed by atoms with E-state index in [2.05, 4.69) is 10.4 Å². The zero-order valence-corrected chi connectivity index (χ0v) is 7.66. The predicted octanol–water partition coefficient (Wildman–Crippen LogP) is 0.745. The summed E-state index contributed by atoms with van der Waals surface area (Å²) < 4.78 is 1.33. The lowest BCUT2D eigenvalue weighted by Crippen LogP contribution is -2.28. The van der Waals surface area contributed by atoms with E-state index in [1.54, 1.807) is 19.3 Å².